The first-order valence-corrected chi connectivity index (χ1v) is 10.3. The Labute approximate surface area is 178 Å². The number of carbonyl (C=O) groups excluding carboxylic acids is 1. The van der Waals surface area contributed by atoms with Crippen LogP contribution in [-0.4, -0.2) is 38.5 Å². The highest BCUT2D eigenvalue weighted by atomic mass is 127. The molecule has 0 aliphatic heterocycles. The van der Waals surface area contributed by atoms with Gasteiger partial charge in [0, 0.05) is 43.4 Å². The van der Waals surface area contributed by atoms with E-state index in [1.54, 1.807) is 7.05 Å². The van der Waals surface area contributed by atoms with E-state index in [-0.39, 0.29) is 35.3 Å². The number of hydrogen-bond acceptors (Lipinski definition) is 3. The topological polar surface area (TPSA) is 65.5 Å². The molecule has 1 fully saturated rings. The molecule has 1 aliphatic carbocycles. The SMILES string of the molecule is CCCNC(=O)CCNC(=NC)NCC1(c2cccs2)CCCCC1.I. The number of rotatable bonds is 8. The summed E-state index contributed by atoms with van der Waals surface area (Å²) in [7, 11) is 1.78. The fraction of sp³-hybridized carbons (Fsp3) is 0.684. The van der Waals surface area contributed by atoms with Crippen LogP contribution in [0.1, 0.15) is 56.7 Å². The third-order valence-corrected chi connectivity index (χ3v) is 6.01. The van der Waals surface area contributed by atoms with E-state index in [1.165, 1.54) is 37.0 Å². The summed E-state index contributed by atoms with van der Waals surface area (Å²) in [6.45, 7) is 4.30. The van der Waals surface area contributed by atoms with Crippen molar-refractivity contribution in [2.75, 3.05) is 26.7 Å². The van der Waals surface area contributed by atoms with Crippen molar-refractivity contribution in [1.82, 2.24) is 16.0 Å². The highest BCUT2D eigenvalue weighted by Gasteiger charge is 2.34. The third kappa shape index (κ3) is 7.06. The monoisotopic (exact) mass is 492 g/mol. The number of nitrogens with zero attached hydrogens (tertiary/aromatic N) is 1. The zero-order valence-corrected chi connectivity index (χ0v) is 19.1. The summed E-state index contributed by atoms with van der Waals surface area (Å²) in [6, 6.07) is 4.42. The summed E-state index contributed by atoms with van der Waals surface area (Å²) in [4.78, 5) is 17.5. The van der Waals surface area contributed by atoms with Crippen molar-refractivity contribution in [3.05, 3.63) is 22.4 Å². The van der Waals surface area contributed by atoms with E-state index in [0.29, 0.717) is 13.0 Å². The zero-order chi connectivity index (χ0) is 18.0. The number of carbonyl (C=O) groups is 1. The van der Waals surface area contributed by atoms with E-state index in [0.717, 1.165) is 25.5 Å². The number of guanidine groups is 1. The highest BCUT2D eigenvalue weighted by molar-refractivity contribution is 14.0. The molecule has 26 heavy (non-hydrogen) atoms. The van der Waals surface area contributed by atoms with Gasteiger partial charge in [-0.2, -0.15) is 0 Å². The molecule has 2 rings (SSSR count). The normalized spacial score (nSPS) is 16.5. The molecular weight excluding hydrogens is 459 g/mol. The Bertz CT molecular complexity index is 542. The molecule has 1 aromatic rings. The molecule has 3 N–H and O–H groups in total. The van der Waals surface area contributed by atoms with E-state index in [2.05, 4.69) is 45.4 Å². The number of amides is 1. The predicted octanol–water partition coefficient (Wildman–Crippen LogP) is 3.65. The van der Waals surface area contributed by atoms with Gasteiger partial charge in [-0.1, -0.05) is 32.3 Å². The molecule has 1 saturated carbocycles. The molecule has 0 atom stereocenters. The molecule has 1 amide bonds. The summed E-state index contributed by atoms with van der Waals surface area (Å²) in [5.74, 6) is 0.872. The summed E-state index contributed by atoms with van der Waals surface area (Å²) in [5.41, 5.74) is 0.225. The third-order valence-electron chi connectivity index (χ3n) is 4.89. The Balaban J connectivity index is 0.00000338. The summed E-state index contributed by atoms with van der Waals surface area (Å²) in [6.07, 6.45) is 7.83. The van der Waals surface area contributed by atoms with Gasteiger partial charge in [0.2, 0.25) is 5.91 Å². The second-order valence-electron chi connectivity index (χ2n) is 6.77. The number of aliphatic imine (C=N–C) groups is 1. The minimum atomic E-state index is 0. The summed E-state index contributed by atoms with van der Waals surface area (Å²) < 4.78 is 0. The maximum atomic E-state index is 11.7. The molecule has 1 aliphatic rings. The first-order valence-electron chi connectivity index (χ1n) is 9.45. The van der Waals surface area contributed by atoms with Crippen LogP contribution in [0, 0.1) is 0 Å². The quantitative estimate of drug-likeness (QED) is 0.295. The molecule has 0 radical (unpaired) electrons. The van der Waals surface area contributed by atoms with Crippen molar-refractivity contribution in [1.29, 1.82) is 0 Å². The molecule has 0 spiro atoms. The maximum absolute atomic E-state index is 11.7. The van der Waals surface area contributed by atoms with Crippen LogP contribution < -0.4 is 16.0 Å². The van der Waals surface area contributed by atoms with Crippen LogP contribution in [0.4, 0.5) is 0 Å². The highest BCUT2D eigenvalue weighted by Crippen LogP contribution is 2.41. The average Bonchev–Trinajstić information content (AvgIpc) is 3.19. The Hall–Kier alpha value is -0.830. The zero-order valence-electron chi connectivity index (χ0n) is 16.0. The van der Waals surface area contributed by atoms with Crippen molar-refractivity contribution in [2.24, 2.45) is 4.99 Å². The van der Waals surface area contributed by atoms with Gasteiger partial charge in [0.1, 0.15) is 0 Å². The second kappa shape index (κ2) is 12.5. The Kier molecular flexibility index (Phi) is 11.2. The van der Waals surface area contributed by atoms with Gasteiger partial charge in [0.15, 0.2) is 5.96 Å². The first-order chi connectivity index (χ1) is 12.2. The molecule has 7 heteroatoms. The van der Waals surface area contributed by atoms with Gasteiger partial charge < -0.3 is 16.0 Å². The van der Waals surface area contributed by atoms with Crippen molar-refractivity contribution < 1.29 is 4.79 Å². The van der Waals surface area contributed by atoms with E-state index >= 15 is 0 Å². The Morgan fingerprint density at radius 2 is 1.96 bits per heavy atom. The van der Waals surface area contributed by atoms with Crippen molar-refractivity contribution >= 4 is 47.2 Å². The van der Waals surface area contributed by atoms with Gasteiger partial charge in [0.05, 0.1) is 0 Å². The molecule has 148 valence electrons. The molecule has 0 aromatic carbocycles. The predicted molar refractivity (Wildman–Crippen MR) is 122 cm³/mol. The largest absolute Gasteiger partial charge is 0.356 e. The van der Waals surface area contributed by atoms with Gasteiger partial charge in [-0.3, -0.25) is 9.79 Å². The van der Waals surface area contributed by atoms with Gasteiger partial charge in [-0.15, -0.1) is 35.3 Å². The fourth-order valence-corrected chi connectivity index (χ4v) is 4.43. The Morgan fingerprint density at radius 1 is 1.19 bits per heavy atom. The summed E-state index contributed by atoms with van der Waals surface area (Å²) >= 11 is 1.86. The van der Waals surface area contributed by atoms with Crippen molar-refractivity contribution in [3.8, 4) is 0 Å². The van der Waals surface area contributed by atoms with Crippen molar-refractivity contribution in [3.63, 3.8) is 0 Å². The lowest BCUT2D eigenvalue weighted by Gasteiger charge is -2.37. The first kappa shape index (κ1) is 23.2. The number of hydrogen-bond donors (Lipinski definition) is 3. The van der Waals surface area contributed by atoms with Crippen LogP contribution >= 0.6 is 35.3 Å². The lowest BCUT2D eigenvalue weighted by Crippen LogP contribution is -2.46. The van der Waals surface area contributed by atoms with Gasteiger partial charge in [0.25, 0.3) is 0 Å². The average molecular weight is 492 g/mol. The van der Waals surface area contributed by atoms with Gasteiger partial charge >= 0.3 is 0 Å². The van der Waals surface area contributed by atoms with Crippen molar-refractivity contribution in [2.45, 2.75) is 57.3 Å². The van der Waals surface area contributed by atoms with E-state index in [9.17, 15) is 4.79 Å². The number of thiophene rings is 1. The fourth-order valence-electron chi connectivity index (χ4n) is 3.44. The lowest BCUT2D eigenvalue weighted by molar-refractivity contribution is -0.120. The van der Waals surface area contributed by atoms with Crippen LogP contribution in [0.5, 0.6) is 0 Å². The minimum absolute atomic E-state index is 0. The standard InChI is InChI=1S/C19H32N4OS.HI/c1-3-12-21-17(24)9-13-22-18(20-2)23-15-19(10-5-4-6-11-19)16-8-7-14-25-16;/h7-8,14H,3-6,9-13,15H2,1-2H3,(H,21,24)(H2,20,22,23);1H. The molecule has 0 bridgehead atoms. The molecule has 1 aromatic heterocycles. The van der Waals surface area contributed by atoms with E-state index < -0.39 is 0 Å². The van der Waals surface area contributed by atoms with Gasteiger partial charge in [-0.05, 0) is 30.7 Å². The van der Waals surface area contributed by atoms with E-state index in [1.807, 2.05) is 11.3 Å². The van der Waals surface area contributed by atoms with Crippen LogP contribution in [-0.2, 0) is 10.2 Å². The van der Waals surface area contributed by atoms with Gasteiger partial charge in [-0.25, -0.2) is 0 Å². The van der Waals surface area contributed by atoms with Crippen LogP contribution in [0.15, 0.2) is 22.5 Å². The maximum Gasteiger partial charge on any atom is 0.221 e. The van der Waals surface area contributed by atoms with Crippen LogP contribution in [0.25, 0.3) is 0 Å². The van der Waals surface area contributed by atoms with E-state index in [4.69, 9.17) is 0 Å². The minimum Gasteiger partial charge on any atom is -0.356 e. The molecule has 1 heterocycles. The smallest absolute Gasteiger partial charge is 0.221 e. The Morgan fingerprint density at radius 3 is 2.58 bits per heavy atom. The molecule has 0 saturated heterocycles. The molecule has 5 nitrogen and oxygen atoms in total. The number of halogens is 1. The second-order valence-corrected chi connectivity index (χ2v) is 7.72. The van der Waals surface area contributed by atoms with Crippen LogP contribution in [0.2, 0.25) is 0 Å². The molecular formula is C19H33IN4OS. The molecule has 0 unspecified atom stereocenters. The summed E-state index contributed by atoms with van der Waals surface area (Å²) in [5, 5.41) is 11.8. The van der Waals surface area contributed by atoms with Crippen LogP contribution in [0.3, 0.4) is 0 Å². The number of nitrogens with one attached hydrogen (secondary N) is 3. The lowest BCUT2D eigenvalue weighted by atomic mass is 9.73.